The average Bonchev–Trinajstić information content (AvgIpc) is 2.30. The monoisotopic (exact) mass is 213 g/mol. The average molecular weight is 213 g/mol. The fourth-order valence-electron chi connectivity index (χ4n) is 1.52. The molecule has 2 aromatic rings. The Morgan fingerprint density at radius 3 is 2.56 bits per heavy atom. The van der Waals surface area contributed by atoms with Crippen LogP contribution in [0.3, 0.4) is 0 Å². The van der Waals surface area contributed by atoms with Crippen LogP contribution in [-0.4, -0.2) is 5.78 Å². The third kappa shape index (κ3) is 2.45. The van der Waals surface area contributed by atoms with Crippen LogP contribution in [0.5, 0.6) is 0 Å². The van der Waals surface area contributed by atoms with E-state index in [1.807, 2.05) is 42.6 Å². The molecule has 0 aliphatic rings. The van der Waals surface area contributed by atoms with Crippen molar-refractivity contribution in [3.63, 3.8) is 0 Å². The van der Waals surface area contributed by atoms with E-state index >= 15 is 0 Å². The first-order chi connectivity index (χ1) is 7.75. The van der Waals surface area contributed by atoms with Crippen LogP contribution in [0.2, 0.25) is 0 Å². The van der Waals surface area contributed by atoms with E-state index in [1.165, 1.54) is 0 Å². The number of nitrogen functional groups attached to an aromatic ring is 1. The zero-order valence-electron chi connectivity index (χ0n) is 8.84. The number of benzene rings is 1. The maximum atomic E-state index is 11.9. The molecular formula is C13H13N2O+. The maximum absolute atomic E-state index is 11.9. The van der Waals surface area contributed by atoms with E-state index < -0.39 is 0 Å². The van der Waals surface area contributed by atoms with Gasteiger partial charge in [-0.2, -0.15) is 4.57 Å². The van der Waals surface area contributed by atoms with Gasteiger partial charge in [0.25, 0.3) is 0 Å². The number of rotatable bonds is 3. The lowest BCUT2D eigenvalue weighted by molar-refractivity contribution is -0.682. The molecule has 3 nitrogen and oxygen atoms in total. The van der Waals surface area contributed by atoms with E-state index in [0.29, 0.717) is 12.2 Å². The normalized spacial score (nSPS) is 10.0. The molecule has 0 fully saturated rings. The van der Waals surface area contributed by atoms with Crippen molar-refractivity contribution in [1.82, 2.24) is 0 Å². The van der Waals surface area contributed by atoms with Gasteiger partial charge in [-0.15, -0.1) is 0 Å². The first-order valence-electron chi connectivity index (χ1n) is 5.08. The number of hydrogen-bond donors (Lipinski definition) is 1. The highest BCUT2D eigenvalue weighted by molar-refractivity contribution is 5.94. The Morgan fingerprint density at radius 2 is 1.88 bits per heavy atom. The van der Waals surface area contributed by atoms with Crippen LogP contribution >= 0.6 is 0 Å². The Labute approximate surface area is 94.1 Å². The van der Waals surface area contributed by atoms with Crippen molar-refractivity contribution in [2.24, 2.45) is 0 Å². The summed E-state index contributed by atoms with van der Waals surface area (Å²) in [6.45, 7) is 0.315. The van der Waals surface area contributed by atoms with Gasteiger partial charge in [0, 0.05) is 11.6 Å². The largest absolute Gasteiger partial charge is 0.394 e. The molecule has 16 heavy (non-hydrogen) atoms. The molecule has 0 unspecified atom stereocenters. The maximum Gasteiger partial charge on any atom is 0.227 e. The Hall–Kier alpha value is -2.16. The number of carbonyl (C=O) groups is 1. The summed E-state index contributed by atoms with van der Waals surface area (Å²) < 4.78 is 1.78. The Bertz CT molecular complexity index is 494. The van der Waals surface area contributed by atoms with Crippen molar-refractivity contribution in [3.8, 4) is 0 Å². The van der Waals surface area contributed by atoms with E-state index in [-0.39, 0.29) is 5.78 Å². The quantitative estimate of drug-likeness (QED) is 0.619. The molecule has 2 N–H and O–H groups in total. The Kier molecular flexibility index (Phi) is 2.96. The van der Waals surface area contributed by atoms with Crippen molar-refractivity contribution < 1.29 is 9.36 Å². The second-order valence-corrected chi connectivity index (χ2v) is 3.60. The van der Waals surface area contributed by atoms with Crippen molar-refractivity contribution in [1.29, 1.82) is 0 Å². The lowest BCUT2D eigenvalue weighted by atomic mass is 10.1. The molecule has 1 aromatic carbocycles. The summed E-state index contributed by atoms with van der Waals surface area (Å²) in [5, 5.41) is 0. The van der Waals surface area contributed by atoms with Gasteiger partial charge in [-0.05, 0) is 6.07 Å². The second kappa shape index (κ2) is 4.57. The molecule has 80 valence electrons. The fraction of sp³-hybridized carbons (Fsp3) is 0.0769. The molecule has 0 radical (unpaired) electrons. The van der Waals surface area contributed by atoms with Crippen molar-refractivity contribution in [2.75, 3.05) is 5.73 Å². The highest BCUT2D eigenvalue weighted by Gasteiger charge is 2.11. The molecule has 3 heteroatoms. The lowest BCUT2D eigenvalue weighted by Crippen LogP contribution is -2.37. The van der Waals surface area contributed by atoms with Crippen LogP contribution in [0.1, 0.15) is 10.4 Å². The molecule has 2 rings (SSSR count). The van der Waals surface area contributed by atoms with Gasteiger partial charge in [0.1, 0.15) is 0 Å². The minimum absolute atomic E-state index is 0.0798. The molecule has 0 bridgehead atoms. The molecule has 0 amide bonds. The number of nitrogens with two attached hydrogens (primary N) is 1. The van der Waals surface area contributed by atoms with Crippen LogP contribution < -0.4 is 10.3 Å². The standard InChI is InChI=1S/C13H13N2O/c14-12-7-4-8-15(9-12)10-13(16)11-5-2-1-3-6-11/h1-9H,10,14H2/q+1. The summed E-state index contributed by atoms with van der Waals surface area (Å²) in [4.78, 5) is 11.9. The van der Waals surface area contributed by atoms with Crippen LogP contribution in [-0.2, 0) is 6.54 Å². The fourth-order valence-corrected chi connectivity index (χ4v) is 1.52. The number of nitrogens with zero attached hydrogens (tertiary/aromatic N) is 1. The third-order valence-electron chi connectivity index (χ3n) is 2.30. The van der Waals surface area contributed by atoms with E-state index in [2.05, 4.69) is 0 Å². The smallest absolute Gasteiger partial charge is 0.227 e. The van der Waals surface area contributed by atoms with Crippen molar-refractivity contribution in [3.05, 3.63) is 60.4 Å². The summed E-state index contributed by atoms with van der Waals surface area (Å²) in [5.41, 5.74) is 7.02. The zero-order chi connectivity index (χ0) is 11.4. The van der Waals surface area contributed by atoms with Crippen molar-refractivity contribution >= 4 is 11.5 Å². The van der Waals surface area contributed by atoms with Gasteiger partial charge in [0.05, 0.1) is 5.69 Å². The minimum Gasteiger partial charge on any atom is -0.394 e. The number of ketones is 1. The van der Waals surface area contributed by atoms with Gasteiger partial charge in [-0.1, -0.05) is 30.3 Å². The van der Waals surface area contributed by atoms with Gasteiger partial charge < -0.3 is 5.73 Å². The molecular weight excluding hydrogens is 200 g/mol. The van der Waals surface area contributed by atoms with Gasteiger partial charge in [-0.3, -0.25) is 4.79 Å². The number of aromatic nitrogens is 1. The number of anilines is 1. The van der Waals surface area contributed by atoms with Crippen LogP contribution in [0, 0.1) is 0 Å². The first kappa shape index (κ1) is 10.4. The molecule has 0 saturated carbocycles. The van der Waals surface area contributed by atoms with Crippen LogP contribution in [0.15, 0.2) is 54.9 Å². The summed E-state index contributed by atoms with van der Waals surface area (Å²) in [6, 6.07) is 12.9. The third-order valence-corrected chi connectivity index (χ3v) is 2.30. The zero-order valence-corrected chi connectivity index (χ0v) is 8.84. The Balaban J connectivity index is 2.14. The molecule has 0 spiro atoms. The Morgan fingerprint density at radius 1 is 1.12 bits per heavy atom. The highest BCUT2D eigenvalue weighted by atomic mass is 16.1. The summed E-state index contributed by atoms with van der Waals surface area (Å²) in [7, 11) is 0. The lowest BCUT2D eigenvalue weighted by Gasteiger charge is -1.98. The first-order valence-corrected chi connectivity index (χ1v) is 5.08. The number of hydrogen-bond acceptors (Lipinski definition) is 2. The van der Waals surface area contributed by atoms with E-state index in [0.717, 1.165) is 5.56 Å². The topological polar surface area (TPSA) is 47.0 Å². The second-order valence-electron chi connectivity index (χ2n) is 3.60. The summed E-state index contributed by atoms with van der Waals surface area (Å²) in [5.74, 6) is 0.0798. The van der Waals surface area contributed by atoms with E-state index in [4.69, 9.17) is 5.73 Å². The van der Waals surface area contributed by atoms with E-state index in [9.17, 15) is 4.79 Å². The minimum atomic E-state index is 0.0798. The molecule has 1 heterocycles. The van der Waals surface area contributed by atoms with Gasteiger partial charge in [0.15, 0.2) is 12.4 Å². The predicted octanol–water partition coefficient (Wildman–Crippen LogP) is 1.44. The summed E-state index contributed by atoms with van der Waals surface area (Å²) in [6.07, 6.45) is 3.58. The molecule has 0 saturated heterocycles. The number of Topliss-reactive ketones (excluding diaryl/α,β-unsaturated/α-hetero) is 1. The van der Waals surface area contributed by atoms with Gasteiger partial charge in [0.2, 0.25) is 12.3 Å². The van der Waals surface area contributed by atoms with E-state index in [1.54, 1.807) is 16.8 Å². The molecule has 0 aliphatic carbocycles. The number of pyridine rings is 1. The highest BCUT2D eigenvalue weighted by Crippen LogP contribution is 2.00. The SMILES string of the molecule is Nc1ccc[n+](CC(=O)c2ccccc2)c1. The number of carbonyl (C=O) groups excluding carboxylic acids is 1. The molecule has 0 atom stereocenters. The van der Waals surface area contributed by atoms with Crippen molar-refractivity contribution in [2.45, 2.75) is 6.54 Å². The summed E-state index contributed by atoms with van der Waals surface area (Å²) >= 11 is 0. The van der Waals surface area contributed by atoms with Crippen LogP contribution in [0.4, 0.5) is 5.69 Å². The molecule has 0 aliphatic heterocycles. The van der Waals surface area contributed by atoms with Crippen LogP contribution in [0.25, 0.3) is 0 Å². The van der Waals surface area contributed by atoms with Gasteiger partial charge >= 0.3 is 0 Å². The molecule has 1 aromatic heterocycles. The predicted molar refractivity (Wildman–Crippen MR) is 61.8 cm³/mol. The van der Waals surface area contributed by atoms with Gasteiger partial charge in [-0.25, -0.2) is 0 Å².